The number of rotatable bonds is 4. The highest BCUT2D eigenvalue weighted by atomic mass is 35.5. The van der Waals surface area contributed by atoms with E-state index in [2.05, 4.69) is 5.32 Å². The molecule has 19 heavy (non-hydrogen) atoms. The summed E-state index contributed by atoms with van der Waals surface area (Å²) in [6, 6.07) is 11.1. The Labute approximate surface area is 114 Å². The second kappa shape index (κ2) is 5.58. The van der Waals surface area contributed by atoms with Gasteiger partial charge in [0.25, 0.3) is 5.69 Å². The summed E-state index contributed by atoms with van der Waals surface area (Å²) in [6.45, 7) is 0.419. The summed E-state index contributed by atoms with van der Waals surface area (Å²) in [5.41, 5.74) is 1.25. The lowest BCUT2D eigenvalue weighted by atomic mass is 10.2. The second-order valence-corrected chi connectivity index (χ2v) is 4.38. The second-order valence-electron chi connectivity index (χ2n) is 3.94. The minimum atomic E-state index is -0.481. The number of hydrogen-bond acceptors (Lipinski definition) is 4. The van der Waals surface area contributed by atoms with E-state index < -0.39 is 4.92 Å². The summed E-state index contributed by atoms with van der Waals surface area (Å²) >= 11 is 5.74. The van der Waals surface area contributed by atoms with Gasteiger partial charge in [-0.15, -0.1) is 0 Å². The van der Waals surface area contributed by atoms with Crippen LogP contribution in [0.2, 0.25) is 5.02 Å². The predicted molar refractivity (Wildman–Crippen MR) is 73.5 cm³/mol. The first kappa shape index (κ1) is 13.2. The van der Waals surface area contributed by atoms with Crippen molar-refractivity contribution in [2.45, 2.75) is 6.54 Å². The molecule has 0 amide bonds. The highest BCUT2D eigenvalue weighted by Gasteiger charge is 2.13. The molecule has 0 atom stereocenters. The number of anilines is 1. The first-order valence-electron chi connectivity index (χ1n) is 5.52. The number of nitro benzene ring substituents is 1. The average Bonchev–Trinajstić information content (AvgIpc) is 2.39. The number of phenolic OH excluding ortho intramolecular Hbond substituents is 1. The molecule has 0 fully saturated rings. The fraction of sp³-hybridized carbons (Fsp3) is 0.0769. The van der Waals surface area contributed by atoms with Crippen LogP contribution in [-0.4, -0.2) is 10.0 Å². The molecule has 2 rings (SSSR count). The van der Waals surface area contributed by atoms with Crippen LogP contribution in [0.25, 0.3) is 0 Å². The van der Waals surface area contributed by atoms with Gasteiger partial charge in [0, 0.05) is 17.6 Å². The monoisotopic (exact) mass is 278 g/mol. The number of nitrogens with zero attached hydrogens (tertiary/aromatic N) is 1. The van der Waals surface area contributed by atoms with Gasteiger partial charge >= 0.3 is 0 Å². The van der Waals surface area contributed by atoms with Crippen molar-refractivity contribution < 1.29 is 10.0 Å². The molecule has 0 unspecified atom stereocenters. The number of phenols is 1. The molecule has 0 heterocycles. The zero-order chi connectivity index (χ0) is 13.8. The van der Waals surface area contributed by atoms with E-state index >= 15 is 0 Å². The maximum atomic E-state index is 10.9. The van der Waals surface area contributed by atoms with Gasteiger partial charge in [-0.2, -0.15) is 0 Å². The van der Waals surface area contributed by atoms with E-state index in [9.17, 15) is 10.1 Å². The van der Waals surface area contributed by atoms with Gasteiger partial charge in [0.2, 0.25) is 0 Å². The molecular formula is C13H11ClN2O3. The van der Waals surface area contributed by atoms with Crippen LogP contribution < -0.4 is 5.32 Å². The summed E-state index contributed by atoms with van der Waals surface area (Å²) in [5.74, 6) is 0.182. The van der Waals surface area contributed by atoms with Crippen molar-refractivity contribution >= 4 is 23.0 Å². The molecule has 5 nitrogen and oxygen atoms in total. The first-order chi connectivity index (χ1) is 9.06. The van der Waals surface area contributed by atoms with Gasteiger partial charge in [-0.1, -0.05) is 23.7 Å². The number of aromatic hydroxyl groups is 1. The summed E-state index contributed by atoms with van der Waals surface area (Å²) in [5, 5.41) is 23.4. The van der Waals surface area contributed by atoms with Gasteiger partial charge in [-0.25, -0.2) is 0 Å². The molecule has 0 aliphatic heterocycles. The third kappa shape index (κ3) is 3.35. The van der Waals surface area contributed by atoms with E-state index in [1.807, 2.05) is 0 Å². The Morgan fingerprint density at radius 3 is 2.53 bits per heavy atom. The minimum absolute atomic E-state index is 0.0636. The summed E-state index contributed by atoms with van der Waals surface area (Å²) in [6.07, 6.45) is 0. The number of halogens is 1. The molecular weight excluding hydrogens is 268 g/mol. The number of benzene rings is 2. The van der Waals surface area contributed by atoms with E-state index in [0.29, 0.717) is 17.3 Å². The molecule has 6 heteroatoms. The molecule has 0 saturated carbocycles. The van der Waals surface area contributed by atoms with Gasteiger partial charge in [0.05, 0.1) is 4.92 Å². The third-order valence-electron chi connectivity index (χ3n) is 2.58. The smallest absolute Gasteiger partial charge is 0.293 e. The van der Waals surface area contributed by atoms with Gasteiger partial charge in [-0.05, 0) is 29.8 Å². The van der Waals surface area contributed by atoms with Crippen molar-refractivity contribution in [2.24, 2.45) is 0 Å². The highest BCUT2D eigenvalue weighted by Crippen LogP contribution is 2.28. The number of nitrogens with one attached hydrogen (secondary N) is 1. The van der Waals surface area contributed by atoms with Crippen molar-refractivity contribution in [3.05, 3.63) is 63.2 Å². The Hall–Kier alpha value is -2.27. The zero-order valence-electron chi connectivity index (χ0n) is 9.84. The van der Waals surface area contributed by atoms with Crippen molar-refractivity contribution in [1.29, 1.82) is 0 Å². The maximum Gasteiger partial charge on any atom is 0.293 e. The first-order valence-corrected chi connectivity index (χ1v) is 5.90. The van der Waals surface area contributed by atoms with Crippen LogP contribution >= 0.6 is 11.6 Å². The Morgan fingerprint density at radius 2 is 1.89 bits per heavy atom. The van der Waals surface area contributed by atoms with Crippen LogP contribution in [0.5, 0.6) is 5.75 Å². The van der Waals surface area contributed by atoms with Gasteiger partial charge in [0.1, 0.15) is 11.4 Å². The lowest BCUT2D eigenvalue weighted by Crippen LogP contribution is -2.02. The van der Waals surface area contributed by atoms with Gasteiger partial charge in [0.15, 0.2) is 0 Å². The van der Waals surface area contributed by atoms with Crippen LogP contribution in [0.1, 0.15) is 5.56 Å². The minimum Gasteiger partial charge on any atom is -0.508 e. The Bertz CT molecular complexity index is 599. The zero-order valence-corrected chi connectivity index (χ0v) is 10.6. The molecule has 0 bridgehead atoms. The predicted octanol–water partition coefficient (Wildman–Crippen LogP) is 3.57. The lowest BCUT2D eigenvalue weighted by Gasteiger charge is -2.07. The van der Waals surface area contributed by atoms with E-state index in [4.69, 9.17) is 16.7 Å². The van der Waals surface area contributed by atoms with Crippen LogP contribution in [-0.2, 0) is 6.54 Å². The van der Waals surface area contributed by atoms with Crippen molar-refractivity contribution in [3.63, 3.8) is 0 Å². The number of nitro groups is 1. The van der Waals surface area contributed by atoms with Crippen LogP contribution in [0.3, 0.4) is 0 Å². The molecule has 0 radical (unpaired) electrons. The summed E-state index contributed by atoms with van der Waals surface area (Å²) in [4.78, 5) is 10.4. The van der Waals surface area contributed by atoms with E-state index in [-0.39, 0.29) is 11.4 Å². The van der Waals surface area contributed by atoms with E-state index in [0.717, 1.165) is 5.56 Å². The fourth-order valence-corrected chi connectivity index (χ4v) is 1.78. The molecule has 2 aromatic rings. The Morgan fingerprint density at radius 1 is 1.21 bits per heavy atom. The summed E-state index contributed by atoms with van der Waals surface area (Å²) < 4.78 is 0. The normalized spacial score (nSPS) is 10.2. The van der Waals surface area contributed by atoms with Crippen LogP contribution in [0, 0.1) is 10.1 Å². The van der Waals surface area contributed by atoms with Crippen molar-refractivity contribution in [2.75, 3.05) is 5.32 Å². The molecule has 0 spiro atoms. The molecule has 0 saturated heterocycles. The molecule has 0 aliphatic carbocycles. The van der Waals surface area contributed by atoms with E-state index in [1.165, 1.54) is 6.07 Å². The molecule has 98 valence electrons. The van der Waals surface area contributed by atoms with Crippen molar-refractivity contribution in [3.8, 4) is 5.75 Å². The van der Waals surface area contributed by atoms with Crippen LogP contribution in [0.4, 0.5) is 11.4 Å². The Kier molecular flexibility index (Phi) is 3.87. The van der Waals surface area contributed by atoms with Gasteiger partial charge < -0.3 is 10.4 Å². The fourth-order valence-electron chi connectivity index (χ4n) is 1.62. The highest BCUT2D eigenvalue weighted by molar-refractivity contribution is 6.30. The third-order valence-corrected chi connectivity index (χ3v) is 2.81. The standard InChI is InChI=1S/C13H11ClN2O3/c14-10-3-6-12(13(7-10)16(18)19)15-8-9-1-4-11(17)5-2-9/h1-7,15,17H,8H2. The SMILES string of the molecule is O=[N+]([O-])c1cc(Cl)ccc1NCc1ccc(O)cc1. The number of hydrogen-bond donors (Lipinski definition) is 2. The maximum absolute atomic E-state index is 10.9. The molecule has 2 aromatic carbocycles. The molecule has 2 N–H and O–H groups in total. The molecule has 0 aliphatic rings. The van der Waals surface area contributed by atoms with E-state index in [1.54, 1.807) is 36.4 Å². The lowest BCUT2D eigenvalue weighted by molar-refractivity contribution is -0.383. The summed E-state index contributed by atoms with van der Waals surface area (Å²) in [7, 11) is 0. The molecule has 0 aromatic heterocycles. The van der Waals surface area contributed by atoms with Gasteiger partial charge in [-0.3, -0.25) is 10.1 Å². The van der Waals surface area contributed by atoms with Crippen LogP contribution in [0.15, 0.2) is 42.5 Å². The quantitative estimate of drug-likeness (QED) is 0.662. The average molecular weight is 279 g/mol. The topological polar surface area (TPSA) is 75.4 Å². The van der Waals surface area contributed by atoms with Crippen molar-refractivity contribution in [1.82, 2.24) is 0 Å². The Balaban J connectivity index is 2.15. The largest absolute Gasteiger partial charge is 0.508 e.